The van der Waals surface area contributed by atoms with E-state index in [1.54, 1.807) is 0 Å². The van der Waals surface area contributed by atoms with Gasteiger partial charge in [0.25, 0.3) is 0 Å². The Balaban J connectivity index is 2.20. The molecule has 1 saturated heterocycles. The van der Waals surface area contributed by atoms with E-state index in [0.717, 1.165) is 19.3 Å². The Kier molecular flexibility index (Phi) is 3.24. The Labute approximate surface area is 103 Å². The van der Waals surface area contributed by atoms with Crippen molar-refractivity contribution in [3.8, 4) is 12.3 Å². The van der Waals surface area contributed by atoms with Gasteiger partial charge in [-0.25, -0.2) is 0 Å². The largest absolute Gasteiger partial charge is 0.274 e. The minimum absolute atomic E-state index is 0.0271. The van der Waals surface area contributed by atoms with Crippen LogP contribution >= 0.6 is 0 Å². The molecule has 0 spiro atoms. The Morgan fingerprint density at radius 3 is 2.29 bits per heavy atom. The molecule has 1 saturated carbocycles. The first kappa shape index (κ1) is 12.2. The highest BCUT2D eigenvalue weighted by Gasteiger charge is 2.53. The van der Waals surface area contributed by atoms with Crippen molar-refractivity contribution in [1.82, 2.24) is 4.90 Å². The molecule has 1 aliphatic heterocycles. The molecular weight excluding hydrogens is 214 g/mol. The number of imide groups is 1. The van der Waals surface area contributed by atoms with Gasteiger partial charge in [-0.2, -0.15) is 0 Å². The van der Waals surface area contributed by atoms with E-state index in [1.807, 2.05) is 6.92 Å². The second-order valence-corrected chi connectivity index (χ2v) is 5.31. The summed E-state index contributed by atoms with van der Waals surface area (Å²) < 4.78 is 0. The lowest BCUT2D eigenvalue weighted by molar-refractivity contribution is -0.142. The number of nitrogens with zero attached hydrogens (tertiary/aromatic N) is 1. The molecule has 3 heteroatoms. The van der Waals surface area contributed by atoms with Gasteiger partial charge in [-0.3, -0.25) is 14.5 Å². The van der Waals surface area contributed by atoms with Crippen LogP contribution in [0.1, 0.15) is 39.5 Å². The number of likely N-dealkylation sites (tertiary alicyclic amines) is 1. The highest BCUT2D eigenvalue weighted by molar-refractivity contribution is 6.06. The molecule has 0 aromatic rings. The fraction of sp³-hybridized carbons (Fsp3) is 0.714. The first-order chi connectivity index (χ1) is 8.10. The van der Waals surface area contributed by atoms with Gasteiger partial charge in [0, 0.05) is 0 Å². The number of fused-ring (bicyclic) bond motifs is 1. The van der Waals surface area contributed by atoms with Crippen LogP contribution in [0.3, 0.4) is 0 Å². The number of rotatable bonds is 3. The Morgan fingerprint density at radius 2 is 1.88 bits per heavy atom. The quantitative estimate of drug-likeness (QED) is 0.551. The minimum Gasteiger partial charge on any atom is -0.274 e. The zero-order chi connectivity index (χ0) is 12.6. The Morgan fingerprint density at radius 1 is 1.35 bits per heavy atom. The highest BCUT2D eigenvalue weighted by Crippen LogP contribution is 2.43. The van der Waals surface area contributed by atoms with Gasteiger partial charge >= 0.3 is 0 Å². The molecule has 2 aliphatic rings. The fourth-order valence-corrected chi connectivity index (χ4v) is 3.17. The normalized spacial score (nSPS) is 33.7. The van der Waals surface area contributed by atoms with E-state index < -0.39 is 0 Å². The summed E-state index contributed by atoms with van der Waals surface area (Å²) in [5.41, 5.74) is 0. The number of hydrogen-bond acceptors (Lipinski definition) is 2. The van der Waals surface area contributed by atoms with Crippen molar-refractivity contribution >= 4 is 11.8 Å². The van der Waals surface area contributed by atoms with E-state index in [9.17, 15) is 9.59 Å². The summed E-state index contributed by atoms with van der Waals surface area (Å²) >= 11 is 0. The minimum atomic E-state index is -0.332. The van der Waals surface area contributed by atoms with Crippen LogP contribution in [0.15, 0.2) is 0 Å². The number of hydrogen-bond donors (Lipinski definition) is 0. The zero-order valence-electron chi connectivity index (χ0n) is 10.5. The molecule has 3 atom stereocenters. The third kappa shape index (κ3) is 1.86. The predicted molar refractivity (Wildman–Crippen MR) is 64.8 cm³/mol. The lowest BCUT2D eigenvalue weighted by Crippen LogP contribution is -2.40. The summed E-state index contributed by atoms with van der Waals surface area (Å²) in [5.74, 6) is 2.83. The van der Waals surface area contributed by atoms with Crippen molar-refractivity contribution in [2.24, 2.45) is 17.8 Å². The van der Waals surface area contributed by atoms with E-state index in [1.165, 1.54) is 4.90 Å². The van der Waals surface area contributed by atoms with Crippen LogP contribution in [0.5, 0.6) is 0 Å². The summed E-state index contributed by atoms with van der Waals surface area (Å²) in [7, 11) is 0. The lowest BCUT2D eigenvalue weighted by Gasteiger charge is -2.23. The molecule has 0 radical (unpaired) electrons. The van der Waals surface area contributed by atoms with Gasteiger partial charge in [0.15, 0.2) is 0 Å². The van der Waals surface area contributed by atoms with Gasteiger partial charge in [-0.15, -0.1) is 6.42 Å². The monoisotopic (exact) mass is 233 g/mol. The van der Waals surface area contributed by atoms with Crippen LogP contribution in [0, 0.1) is 30.1 Å². The molecule has 0 bridgehead atoms. The van der Waals surface area contributed by atoms with Crippen molar-refractivity contribution in [1.29, 1.82) is 0 Å². The van der Waals surface area contributed by atoms with Gasteiger partial charge in [0.05, 0.1) is 11.8 Å². The van der Waals surface area contributed by atoms with Crippen molar-refractivity contribution in [2.45, 2.75) is 45.6 Å². The van der Waals surface area contributed by atoms with E-state index >= 15 is 0 Å². The average Bonchev–Trinajstić information content (AvgIpc) is 2.78. The van der Waals surface area contributed by atoms with Crippen LogP contribution < -0.4 is 0 Å². The lowest BCUT2D eigenvalue weighted by atomic mass is 10.00. The molecule has 17 heavy (non-hydrogen) atoms. The number of terminal acetylenes is 1. The summed E-state index contributed by atoms with van der Waals surface area (Å²) in [6.07, 6.45) is 8.73. The maximum Gasteiger partial charge on any atom is 0.234 e. The fourth-order valence-electron chi connectivity index (χ4n) is 3.17. The molecule has 92 valence electrons. The molecule has 0 aromatic heterocycles. The summed E-state index contributed by atoms with van der Waals surface area (Å²) in [4.78, 5) is 25.8. The van der Waals surface area contributed by atoms with Crippen LogP contribution in [0.2, 0.25) is 0 Å². The van der Waals surface area contributed by atoms with Crippen molar-refractivity contribution in [2.75, 3.05) is 0 Å². The average molecular weight is 233 g/mol. The maximum atomic E-state index is 12.2. The molecular formula is C14H19NO2. The maximum absolute atomic E-state index is 12.2. The highest BCUT2D eigenvalue weighted by atomic mass is 16.2. The molecule has 3 unspecified atom stereocenters. The van der Waals surface area contributed by atoms with E-state index in [-0.39, 0.29) is 29.7 Å². The van der Waals surface area contributed by atoms with E-state index in [4.69, 9.17) is 6.42 Å². The molecule has 1 aliphatic carbocycles. The standard InChI is InChI=1S/C14H19NO2/c1-4-6-10(5-2)15-13(16)11-7-9(3)8-12(11)14(15)17/h2,9-12H,4,6-8H2,1,3H3. The van der Waals surface area contributed by atoms with Crippen LogP contribution in [-0.2, 0) is 9.59 Å². The first-order valence-corrected chi connectivity index (χ1v) is 6.43. The van der Waals surface area contributed by atoms with E-state index in [0.29, 0.717) is 12.3 Å². The summed E-state index contributed by atoms with van der Waals surface area (Å²) in [5, 5.41) is 0. The van der Waals surface area contributed by atoms with Gasteiger partial charge in [-0.05, 0) is 25.2 Å². The van der Waals surface area contributed by atoms with Crippen molar-refractivity contribution < 1.29 is 9.59 Å². The third-order valence-corrected chi connectivity index (χ3v) is 3.97. The van der Waals surface area contributed by atoms with Crippen LogP contribution in [0.25, 0.3) is 0 Å². The van der Waals surface area contributed by atoms with Gasteiger partial charge in [-0.1, -0.05) is 26.2 Å². The SMILES string of the molecule is C#CC(CCC)N1C(=O)C2CC(C)CC2C1=O. The Hall–Kier alpha value is -1.30. The van der Waals surface area contributed by atoms with Crippen LogP contribution in [-0.4, -0.2) is 22.8 Å². The molecule has 2 rings (SSSR count). The number of amides is 2. The number of carbonyl (C=O) groups excluding carboxylic acids is 2. The first-order valence-electron chi connectivity index (χ1n) is 6.43. The molecule has 0 aromatic carbocycles. The van der Waals surface area contributed by atoms with Crippen molar-refractivity contribution in [3.63, 3.8) is 0 Å². The molecule has 2 fully saturated rings. The second kappa shape index (κ2) is 4.52. The van der Waals surface area contributed by atoms with E-state index in [2.05, 4.69) is 12.8 Å². The van der Waals surface area contributed by atoms with Crippen molar-refractivity contribution in [3.05, 3.63) is 0 Å². The predicted octanol–water partition coefficient (Wildman–Crippen LogP) is 1.82. The number of carbonyl (C=O) groups is 2. The third-order valence-electron chi connectivity index (χ3n) is 3.97. The van der Waals surface area contributed by atoms with Gasteiger partial charge < -0.3 is 0 Å². The summed E-state index contributed by atoms with van der Waals surface area (Å²) in [6, 6.07) is -0.332. The zero-order valence-corrected chi connectivity index (χ0v) is 10.5. The molecule has 1 heterocycles. The molecule has 2 amide bonds. The summed E-state index contributed by atoms with van der Waals surface area (Å²) in [6.45, 7) is 4.12. The van der Waals surface area contributed by atoms with Gasteiger partial charge in [0.1, 0.15) is 6.04 Å². The van der Waals surface area contributed by atoms with Gasteiger partial charge in [0.2, 0.25) is 11.8 Å². The second-order valence-electron chi connectivity index (χ2n) is 5.31. The molecule has 0 N–H and O–H groups in total. The smallest absolute Gasteiger partial charge is 0.234 e. The van der Waals surface area contributed by atoms with Crippen LogP contribution in [0.4, 0.5) is 0 Å². The Bertz CT molecular complexity index is 358. The topological polar surface area (TPSA) is 37.4 Å². The molecule has 3 nitrogen and oxygen atoms in total.